The smallest absolute Gasteiger partial charge is 0.345 e. The molecule has 2 aromatic carbocycles. The first-order valence-corrected chi connectivity index (χ1v) is 8.49. The Labute approximate surface area is 157 Å². The standard InChI is InChI=1S/C19H15BrN2O4/c1-11(21-22-18(23)12-3-6-15(25-2)7-4-12)16-10-13-9-14(20)5-8-17(13)26-19(16)24/h3-10H,1-2H3,(H,22,23). The van der Waals surface area contributed by atoms with E-state index < -0.39 is 5.63 Å². The van der Waals surface area contributed by atoms with Gasteiger partial charge in [0.1, 0.15) is 11.3 Å². The van der Waals surface area contributed by atoms with E-state index in [2.05, 4.69) is 26.5 Å². The molecule has 0 bridgehead atoms. The van der Waals surface area contributed by atoms with Crippen LogP contribution in [0.25, 0.3) is 11.0 Å². The van der Waals surface area contributed by atoms with E-state index in [4.69, 9.17) is 9.15 Å². The molecule has 0 saturated carbocycles. The van der Waals surface area contributed by atoms with Crippen molar-refractivity contribution >= 4 is 38.5 Å². The van der Waals surface area contributed by atoms with Crippen LogP contribution in [0.2, 0.25) is 0 Å². The Kier molecular flexibility index (Phi) is 5.18. The Balaban J connectivity index is 1.84. The van der Waals surface area contributed by atoms with Gasteiger partial charge in [-0.1, -0.05) is 15.9 Å². The van der Waals surface area contributed by atoms with Crippen molar-refractivity contribution in [3.63, 3.8) is 0 Å². The lowest BCUT2D eigenvalue weighted by molar-refractivity contribution is 0.0955. The second kappa shape index (κ2) is 7.53. The third-order valence-corrected chi connectivity index (χ3v) is 4.25. The first-order chi connectivity index (χ1) is 12.5. The van der Waals surface area contributed by atoms with Gasteiger partial charge in [0.05, 0.1) is 18.4 Å². The highest BCUT2D eigenvalue weighted by molar-refractivity contribution is 9.10. The molecule has 0 radical (unpaired) electrons. The van der Waals surface area contributed by atoms with Crippen LogP contribution in [0.15, 0.2) is 67.3 Å². The van der Waals surface area contributed by atoms with Crippen LogP contribution in [-0.2, 0) is 0 Å². The van der Waals surface area contributed by atoms with Crippen molar-refractivity contribution < 1.29 is 13.9 Å². The number of nitrogens with zero attached hydrogens (tertiary/aromatic N) is 1. The van der Waals surface area contributed by atoms with E-state index in [-0.39, 0.29) is 11.5 Å². The molecule has 26 heavy (non-hydrogen) atoms. The number of hydrogen-bond acceptors (Lipinski definition) is 5. The molecular weight excluding hydrogens is 400 g/mol. The summed E-state index contributed by atoms with van der Waals surface area (Å²) in [6, 6.07) is 13.6. The quantitative estimate of drug-likeness (QED) is 0.400. The van der Waals surface area contributed by atoms with Crippen molar-refractivity contribution in [3.8, 4) is 5.75 Å². The van der Waals surface area contributed by atoms with Gasteiger partial charge in [-0.25, -0.2) is 10.2 Å². The zero-order valence-corrected chi connectivity index (χ0v) is 15.7. The maximum Gasteiger partial charge on any atom is 0.345 e. The topological polar surface area (TPSA) is 80.9 Å². The molecule has 1 amide bonds. The lowest BCUT2D eigenvalue weighted by Crippen LogP contribution is -2.21. The molecule has 7 heteroatoms. The Hall–Kier alpha value is -2.93. The Morgan fingerprint density at radius 2 is 1.88 bits per heavy atom. The van der Waals surface area contributed by atoms with Crippen molar-refractivity contribution in [2.45, 2.75) is 6.92 Å². The normalized spacial score (nSPS) is 11.4. The molecule has 132 valence electrons. The van der Waals surface area contributed by atoms with Crippen LogP contribution in [0.5, 0.6) is 5.75 Å². The average Bonchev–Trinajstić information content (AvgIpc) is 2.65. The lowest BCUT2D eigenvalue weighted by Gasteiger charge is -2.05. The second-order valence-corrected chi connectivity index (χ2v) is 6.41. The third kappa shape index (κ3) is 3.83. The maximum atomic E-state index is 12.2. The number of nitrogens with one attached hydrogen (secondary N) is 1. The summed E-state index contributed by atoms with van der Waals surface area (Å²) < 4.78 is 11.2. The molecule has 3 aromatic rings. The molecule has 1 heterocycles. The van der Waals surface area contributed by atoms with Crippen LogP contribution in [0.4, 0.5) is 0 Å². The van der Waals surface area contributed by atoms with E-state index in [1.54, 1.807) is 56.5 Å². The fourth-order valence-corrected chi connectivity index (χ4v) is 2.73. The molecule has 0 unspecified atom stereocenters. The van der Waals surface area contributed by atoms with Gasteiger partial charge in [-0.3, -0.25) is 4.79 Å². The van der Waals surface area contributed by atoms with Crippen molar-refractivity contribution in [1.29, 1.82) is 0 Å². The molecule has 0 spiro atoms. The van der Waals surface area contributed by atoms with Gasteiger partial charge in [0.2, 0.25) is 0 Å². The summed E-state index contributed by atoms with van der Waals surface area (Å²) in [5, 5.41) is 4.77. The lowest BCUT2D eigenvalue weighted by atomic mass is 10.1. The van der Waals surface area contributed by atoms with E-state index in [0.717, 1.165) is 9.86 Å². The van der Waals surface area contributed by atoms with Crippen LogP contribution < -0.4 is 15.8 Å². The second-order valence-electron chi connectivity index (χ2n) is 5.50. The number of carbonyl (C=O) groups is 1. The number of hydrogen-bond donors (Lipinski definition) is 1. The first-order valence-electron chi connectivity index (χ1n) is 7.70. The highest BCUT2D eigenvalue weighted by Crippen LogP contribution is 2.19. The van der Waals surface area contributed by atoms with Gasteiger partial charge >= 0.3 is 5.63 Å². The Morgan fingerprint density at radius 1 is 1.15 bits per heavy atom. The molecule has 6 nitrogen and oxygen atoms in total. The van der Waals surface area contributed by atoms with E-state index in [0.29, 0.717) is 22.6 Å². The molecule has 0 aliphatic rings. The number of hydrazone groups is 1. The van der Waals surface area contributed by atoms with Gasteiger partial charge in [-0.2, -0.15) is 5.10 Å². The fraction of sp³-hybridized carbons (Fsp3) is 0.105. The largest absolute Gasteiger partial charge is 0.497 e. The van der Waals surface area contributed by atoms with E-state index in [1.807, 2.05) is 6.07 Å². The van der Waals surface area contributed by atoms with Crippen LogP contribution in [0.3, 0.4) is 0 Å². The van der Waals surface area contributed by atoms with Gasteiger partial charge in [0.15, 0.2) is 0 Å². The van der Waals surface area contributed by atoms with Crippen LogP contribution in [-0.4, -0.2) is 18.7 Å². The monoisotopic (exact) mass is 414 g/mol. The fourth-order valence-electron chi connectivity index (χ4n) is 2.35. The minimum Gasteiger partial charge on any atom is -0.497 e. The number of ether oxygens (including phenoxy) is 1. The van der Waals surface area contributed by atoms with Crippen LogP contribution in [0, 0.1) is 0 Å². The SMILES string of the molecule is COc1ccc(C(=O)NN=C(C)c2cc3cc(Br)ccc3oc2=O)cc1. The number of benzene rings is 2. The van der Waals surface area contributed by atoms with E-state index in [1.165, 1.54) is 0 Å². The number of methoxy groups -OCH3 is 1. The van der Waals surface area contributed by atoms with Gasteiger partial charge in [-0.05, 0) is 55.5 Å². The number of carbonyl (C=O) groups excluding carboxylic acids is 1. The summed E-state index contributed by atoms with van der Waals surface area (Å²) in [4.78, 5) is 24.3. The van der Waals surface area contributed by atoms with Crippen LogP contribution in [0.1, 0.15) is 22.8 Å². The number of halogens is 1. The van der Waals surface area contributed by atoms with E-state index in [9.17, 15) is 9.59 Å². The minimum absolute atomic E-state index is 0.283. The predicted molar refractivity (Wildman–Crippen MR) is 103 cm³/mol. The van der Waals surface area contributed by atoms with Crippen molar-refractivity contribution in [3.05, 3.63) is 74.6 Å². The molecule has 3 rings (SSSR count). The number of fused-ring (bicyclic) bond motifs is 1. The molecule has 0 fully saturated rings. The van der Waals surface area contributed by atoms with Gasteiger partial charge < -0.3 is 9.15 Å². The Morgan fingerprint density at radius 3 is 2.58 bits per heavy atom. The summed E-state index contributed by atoms with van der Waals surface area (Å²) in [5.41, 5.74) is 3.47. The van der Waals surface area contributed by atoms with Gasteiger partial charge in [0.25, 0.3) is 5.91 Å². The van der Waals surface area contributed by atoms with Crippen LogP contribution >= 0.6 is 15.9 Å². The van der Waals surface area contributed by atoms with Crippen molar-refractivity contribution in [2.75, 3.05) is 7.11 Å². The Bertz CT molecular complexity index is 1060. The maximum absolute atomic E-state index is 12.2. The van der Waals surface area contributed by atoms with Crippen molar-refractivity contribution in [1.82, 2.24) is 5.43 Å². The molecule has 1 N–H and O–H groups in total. The van der Waals surface area contributed by atoms with Crippen molar-refractivity contribution in [2.24, 2.45) is 5.10 Å². The molecule has 0 aliphatic heterocycles. The summed E-state index contributed by atoms with van der Waals surface area (Å²) in [7, 11) is 1.55. The molecule has 1 aromatic heterocycles. The predicted octanol–water partition coefficient (Wildman–Crippen LogP) is 3.72. The molecule has 0 saturated heterocycles. The summed E-state index contributed by atoms with van der Waals surface area (Å²) >= 11 is 3.38. The van der Waals surface area contributed by atoms with E-state index >= 15 is 0 Å². The molecule has 0 aliphatic carbocycles. The summed E-state index contributed by atoms with van der Waals surface area (Å²) in [6.45, 7) is 1.63. The summed E-state index contributed by atoms with van der Waals surface area (Å²) in [6.07, 6.45) is 0. The molecular formula is C19H15BrN2O4. The zero-order chi connectivity index (χ0) is 18.7. The highest BCUT2D eigenvalue weighted by atomic mass is 79.9. The van der Waals surface area contributed by atoms with Gasteiger partial charge in [0, 0.05) is 15.4 Å². The van der Waals surface area contributed by atoms with Gasteiger partial charge in [-0.15, -0.1) is 0 Å². The average molecular weight is 415 g/mol. The third-order valence-electron chi connectivity index (χ3n) is 3.76. The number of amides is 1. The number of rotatable bonds is 4. The zero-order valence-electron chi connectivity index (χ0n) is 14.1. The minimum atomic E-state index is -0.514. The highest BCUT2D eigenvalue weighted by Gasteiger charge is 2.10. The first kappa shape index (κ1) is 17.9. The molecule has 0 atom stereocenters. The summed E-state index contributed by atoms with van der Waals surface area (Å²) in [5.74, 6) is 0.265.